The first kappa shape index (κ1) is 16.0. The predicted molar refractivity (Wildman–Crippen MR) is 74.9 cm³/mol. The largest absolute Gasteiger partial charge is 0.317 e. The van der Waals surface area contributed by atoms with Crippen molar-refractivity contribution in [1.82, 2.24) is 5.32 Å². The van der Waals surface area contributed by atoms with E-state index in [4.69, 9.17) is 0 Å². The average molecular weight is 227 g/mol. The standard InChI is InChI=1S/C15H33N/c1-5-8-10-11-13-15(16-4)14(7-3)12-9-6-2/h14-16H,5-13H2,1-4H3. The van der Waals surface area contributed by atoms with E-state index in [0.717, 1.165) is 12.0 Å². The summed E-state index contributed by atoms with van der Waals surface area (Å²) in [6.45, 7) is 6.92. The van der Waals surface area contributed by atoms with E-state index in [0.29, 0.717) is 0 Å². The lowest BCUT2D eigenvalue weighted by atomic mass is 9.88. The van der Waals surface area contributed by atoms with Crippen molar-refractivity contribution < 1.29 is 0 Å². The molecule has 0 saturated heterocycles. The van der Waals surface area contributed by atoms with Gasteiger partial charge in [-0.15, -0.1) is 0 Å². The summed E-state index contributed by atoms with van der Waals surface area (Å²) in [6, 6.07) is 0.758. The molecule has 1 N–H and O–H groups in total. The maximum atomic E-state index is 3.54. The number of unbranched alkanes of at least 4 members (excludes halogenated alkanes) is 4. The molecule has 1 heteroatoms. The van der Waals surface area contributed by atoms with Crippen molar-refractivity contribution in [2.75, 3.05) is 7.05 Å². The third-order valence-electron chi connectivity index (χ3n) is 3.76. The van der Waals surface area contributed by atoms with Gasteiger partial charge in [-0.25, -0.2) is 0 Å². The highest BCUT2D eigenvalue weighted by molar-refractivity contribution is 4.74. The van der Waals surface area contributed by atoms with Crippen LogP contribution in [0.2, 0.25) is 0 Å². The van der Waals surface area contributed by atoms with Crippen molar-refractivity contribution in [3.63, 3.8) is 0 Å². The van der Waals surface area contributed by atoms with Crippen molar-refractivity contribution in [2.24, 2.45) is 5.92 Å². The van der Waals surface area contributed by atoms with E-state index >= 15 is 0 Å². The van der Waals surface area contributed by atoms with E-state index in [2.05, 4.69) is 33.1 Å². The predicted octanol–water partition coefficient (Wildman–Crippen LogP) is 4.76. The quantitative estimate of drug-likeness (QED) is 0.502. The molecule has 0 heterocycles. The molecule has 0 fully saturated rings. The Bertz CT molecular complexity index is 133. The molecular weight excluding hydrogens is 194 g/mol. The molecule has 0 aliphatic heterocycles. The highest BCUT2D eigenvalue weighted by Gasteiger charge is 2.16. The summed E-state index contributed by atoms with van der Waals surface area (Å²) in [5.74, 6) is 0.895. The number of rotatable bonds is 11. The smallest absolute Gasteiger partial charge is 0.00922 e. The maximum absolute atomic E-state index is 3.54. The van der Waals surface area contributed by atoms with Crippen LogP contribution in [0.3, 0.4) is 0 Å². The Kier molecular flexibility index (Phi) is 11.4. The van der Waals surface area contributed by atoms with E-state index < -0.39 is 0 Å². The fourth-order valence-corrected chi connectivity index (χ4v) is 2.56. The van der Waals surface area contributed by atoms with Crippen molar-refractivity contribution in [1.29, 1.82) is 0 Å². The molecule has 1 nitrogen and oxygen atoms in total. The lowest BCUT2D eigenvalue weighted by Crippen LogP contribution is -2.33. The Morgan fingerprint density at radius 1 is 0.812 bits per heavy atom. The van der Waals surface area contributed by atoms with E-state index in [1.165, 1.54) is 57.8 Å². The Morgan fingerprint density at radius 3 is 2.00 bits per heavy atom. The number of hydrogen-bond donors (Lipinski definition) is 1. The summed E-state index contributed by atoms with van der Waals surface area (Å²) in [4.78, 5) is 0. The second-order valence-corrected chi connectivity index (χ2v) is 5.06. The normalized spacial score (nSPS) is 15.0. The summed E-state index contributed by atoms with van der Waals surface area (Å²) >= 11 is 0. The summed E-state index contributed by atoms with van der Waals surface area (Å²) in [5, 5.41) is 3.54. The van der Waals surface area contributed by atoms with Gasteiger partial charge >= 0.3 is 0 Å². The van der Waals surface area contributed by atoms with Gasteiger partial charge in [0.05, 0.1) is 0 Å². The Labute approximate surface area is 103 Å². The summed E-state index contributed by atoms with van der Waals surface area (Å²) in [5.41, 5.74) is 0. The van der Waals surface area contributed by atoms with Crippen LogP contribution < -0.4 is 5.32 Å². The highest BCUT2D eigenvalue weighted by Crippen LogP contribution is 2.21. The van der Waals surface area contributed by atoms with E-state index in [1.54, 1.807) is 0 Å². The van der Waals surface area contributed by atoms with Gasteiger partial charge in [-0.3, -0.25) is 0 Å². The van der Waals surface area contributed by atoms with Crippen LogP contribution in [-0.4, -0.2) is 13.1 Å². The van der Waals surface area contributed by atoms with Gasteiger partial charge in [0.15, 0.2) is 0 Å². The van der Waals surface area contributed by atoms with Crippen LogP contribution in [0.4, 0.5) is 0 Å². The molecule has 0 spiro atoms. The molecule has 0 aromatic heterocycles. The van der Waals surface area contributed by atoms with Crippen LogP contribution in [-0.2, 0) is 0 Å². The first-order valence-electron chi connectivity index (χ1n) is 7.47. The lowest BCUT2D eigenvalue weighted by molar-refractivity contribution is 0.310. The van der Waals surface area contributed by atoms with Gasteiger partial charge in [0, 0.05) is 6.04 Å². The molecule has 0 aliphatic carbocycles. The monoisotopic (exact) mass is 227 g/mol. The second kappa shape index (κ2) is 11.4. The zero-order valence-corrected chi connectivity index (χ0v) is 12.0. The molecule has 98 valence electrons. The van der Waals surface area contributed by atoms with Crippen LogP contribution in [0.1, 0.15) is 78.6 Å². The minimum atomic E-state index is 0.758. The first-order chi connectivity index (χ1) is 7.79. The highest BCUT2D eigenvalue weighted by atomic mass is 14.9. The molecule has 0 radical (unpaired) electrons. The molecule has 0 aromatic carbocycles. The van der Waals surface area contributed by atoms with Crippen LogP contribution >= 0.6 is 0 Å². The fourth-order valence-electron chi connectivity index (χ4n) is 2.56. The number of hydrogen-bond acceptors (Lipinski definition) is 1. The van der Waals surface area contributed by atoms with Gasteiger partial charge in [0.1, 0.15) is 0 Å². The van der Waals surface area contributed by atoms with Crippen LogP contribution in [0, 0.1) is 5.92 Å². The molecule has 0 saturated carbocycles. The summed E-state index contributed by atoms with van der Waals surface area (Å²) in [7, 11) is 2.14. The average Bonchev–Trinajstić information content (AvgIpc) is 2.32. The van der Waals surface area contributed by atoms with Crippen molar-refractivity contribution in [2.45, 2.75) is 84.6 Å². The Balaban J connectivity index is 3.81. The maximum Gasteiger partial charge on any atom is 0.00922 e. The molecule has 0 bridgehead atoms. The van der Waals surface area contributed by atoms with Crippen molar-refractivity contribution in [3.05, 3.63) is 0 Å². The molecule has 2 atom stereocenters. The fraction of sp³-hybridized carbons (Fsp3) is 1.00. The molecule has 0 aliphatic rings. The van der Waals surface area contributed by atoms with E-state index in [-0.39, 0.29) is 0 Å². The van der Waals surface area contributed by atoms with Gasteiger partial charge in [-0.2, -0.15) is 0 Å². The Hall–Kier alpha value is -0.0400. The van der Waals surface area contributed by atoms with Crippen molar-refractivity contribution >= 4 is 0 Å². The molecule has 16 heavy (non-hydrogen) atoms. The lowest BCUT2D eigenvalue weighted by Gasteiger charge is -2.26. The molecule has 0 amide bonds. The molecule has 0 rings (SSSR count). The minimum Gasteiger partial charge on any atom is -0.317 e. The zero-order valence-electron chi connectivity index (χ0n) is 12.0. The number of nitrogens with one attached hydrogen (secondary N) is 1. The third-order valence-corrected chi connectivity index (χ3v) is 3.76. The SMILES string of the molecule is CCCCCCC(NC)C(CC)CCCC. The third kappa shape index (κ3) is 7.27. The van der Waals surface area contributed by atoms with Gasteiger partial charge in [0.25, 0.3) is 0 Å². The van der Waals surface area contributed by atoms with E-state index in [9.17, 15) is 0 Å². The van der Waals surface area contributed by atoms with Crippen LogP contribution in [0.25, 0.3) is 0 Å². The molecule has 0 aromatic rings. The molecular formula is C15H33N. The Morgan fingerprint density at radius 2 is 1.50 bits per heavy atom. The van der Waals surface area contributed by atoms with Crippen LogP contribution in [0.5, 0.6) is 0 Å². The van der Waals surface area contributed by atoms with Gasteiger partial charge in [0.2, 0.25) is 0 Å². The first-order valence-corrected chi connectivity index (χ1v) is 7.47. The molecule has 2 unspecified atom stereocenters. The van der Waals surface area contributed by atoms with Crippen molar-refractivity contribution in [3.8, 4) is 0 Å². The topological polar surface area (TPSA) is 12.0 Å². The minimum absolute atomic E-state index is 0.758. The van der Waals surface area contributed by atoms with Crippen LogP contribution in [0.15, 0.2) is 0 Å². The van der Waals surface area contributed by atoms with E-state index in [1.807, 2.05) is 0 Å². The summed E-state index contributed by atoms with van der Waals surface area (Å²) < 4.78 is 0. The van der Waals surface area contributed by atoms with Gasteiger partial charge < -0.3 is 5.32 Å². The van der Waals surface area contributed by atoms with Gasteiger partial charge in [-0.05, 0) is 25.8 Å². The van der Waals surface area contributed by atoms with Gasteiger partial charge in [-0.1, -0.05) is 65.7 Å². The summed E-state index contributed by atoms with van der Waals surface area (Å²) in [6.07, 6.45) is 12.4. The zero-order chi connectivity index (χ0) is 12.2. The second-order valence-electron chi connectivity index (χ2n) is 5.06.